The van der Waals surface area contributed by atoms with E-state index in [1.54, 1.807) is 6.92 Å². The molecule has 1 atom stereocenters. The van der Waals surface area contributed by atoms with E-state index in [1.165, 1.54) is 12.1 Å². The van der Waals surface area contributed by atoms with Crippen LogP contribution in [0.3, 0.4) is 0 Å². The highest BCUT2D eigenvalue weighted by Crippen LogP contribution is 2.18. The third-order valence-electron chi connectivity index (χ3n) is 2.09. The lowest BCUT2D eigenvalue weighted by Gasteiger charge is -2.03. The fourth-order valence-corrected chi connectivity index (χ4v) is 2.55. The predicted molar refractivity (Wildman–Crippen MR) is 68.9 cm³/mol. The van der Waals surface area contributed by atoms with Crippen molar-refractivity contribution in [2.75, 3.05) is 12.4 Å². The molecule has 0 aliphatic heterocycles. The quantitative estimate of drug-likeness (QED) is 0.596. The summed E-state index contributed by atoms with van der Waals surface area (Å²) in [6.45, 7) is 1.81. The van der Waals surface area contributed by atoms with E-state index in [2.05, 4.69) is 4.74 Å². The van der Waals surface area contributed by atoms with Crippen molar-refractivity contribution in [1.29, 1.82) is 0 Å². The summed E-state index contributed by atoms with van der Waals surface area (Å²) in [5, 5.41) is -0.163. The zero-order chi connectivity index (χ0) is 14.4. The number of carbonyl (C=O) groups excluding carboxylic acids is 2. The highest BCUT2D eigenvalue weighted by molar-refractivity contribution is 7.85. The average Bonchev–Trinajstić information content (AvgIpc) is 2.32. The van der Waals surface area contributed by atoms with Crippen molar-refractivity contribution in [1.82, 2.24) is 0 Å². The first-order valence-corrected chi connectivity index (χ1v) is 7.14. The minimum Gasteiger partial charge on any atom is -0.466 e. The molecule has 104 valence electrons. The van der Waals surface area contributed by atoms with Crippen LogP contribution in [0.5, 0.6) is 0 Å². The number of Topliss-reactive ketones (excluding diaryl/α,β-unsaturated/α-hetero) is 1. The van der Waals surface area contributed by atoms with Crippen LogP contribution in [-0.4, -0.2) is 28.3 Å². The van der Waals surface area contributed by atoms with Crippen molar-refractivity contribution in [3.05, 3.63) is 29.0 Å². The van der Waals surface area contributed by atoms with Crippen LogP contribution in [0, 0.1) is 5.82 Å². The fraction of sp³-hybridized carbons (Fsp3) is 0.333. The van der Waals surface area contributed by atoms with Gasteiger partial charge in [0.05, 0.1) is 28.2 Å². The Labute approximate surface area is 117 Å². The van der Waals surface area contributed by atoms with Crippen molar-refractivity contribution in [3.63, 3.8) is 0 Å². The number of benzene rings is 1. The number of ether oxygens (including phenoxy) is 1. The molecule has 1 unspecified atom stereocenters. The Hall–Kier alpha value is -1.27. The fourth-order valence-electron chi connectivity index (χ4n) is 1.27. The zero-order valence-electron chi connectivity index (χ0n) is 10.2. The van der Waals surface area contributed by atoms with Gasteiger partial charge in [-0.15, -0.1) is 0 Å². The largest absolute Gasteiger partial charge is 0.466 e. The van der Waals surface area contributed by atoms with Crippen molar-refractivity contribution < 1.29 is 22.9 Å². The molecule has 7 heteroatoms. The summed E-state index contributed by atoms with van der Waals surface area (Å²) >= 11 is 5.55. The van der Waals surface area contributed by atoms with Crippen LogP contribution >= 0.6 is 11.6 Å². The Morgan fingerprint density at radius 3 is 2.68 bits per heavy atom. The summed E-state index contributed by atoms with van der Waals surface area (Å²) in [7, 11) is -1.66. The molecule has 0 fully saturated rings. The molecule has 0 spiro atoms. The van der Waals surface area contributed by atoms with Crippen molar-refractivity contribution in [3.8, 4) is 0 Å². The van der Waals surface area contributed by atoms with E-state index in [9.17, 15) is 18.2 Å². The molecule has 0 aliphatic rings. The third-order valence-corrected chi connectivity index (χ3v) is 3.75. The molecular weight excluding hydrogens is 295 g/mol. The van der Waals surface area contributed by atoms with Gasteiger partial charge in [0.1, 0.15) is 12.2 Å². The van der Waals surface area contributed by atoms with Gasteiger partial charge in [-0.1, -0.05) is 11.6 Å². The Kier molecular flexibility index (Phi) is 6.11. The lowest BCUT2D eigenvalue weighted by Crippen LogP contribution is -2.17. The van der Waals surface area contributed by atoms with Crippen LogP contribution in [0.1, 0.15) is 13.3 Å². The molecule has 0 N–H and O–H groups in total. The third kappa shape index (κ3) is 5.08. The Morgan fingerprint density at radius 2 is 2.11 bits per heavy atom. The standard InChI is InChI=1S/C12H12ClFO4S/c1-2-18-12(16)5-8(15)7-19(17)9-3-4-11(14)10(13)6-9/h3-4,6H,2,5,7H2,1H3. The van der Waals surface area contributed by atoms with E-state index in [0.717, 1.165) is 6.07 Å². The van der Waals surface area contributed by atoms with E-state index in [1.807, 2.05) is 0 Å². The number of esters is 1. The number of halogens is 2. The first-order valence-electron chi connectivity index (χ1n) is 5.44. The van der Waals surface area contributed by atoms with E-state index in [0.29, 0.717) is 0 Å². The zero-order valence-corrected chi connectivity index (χ0v) is 11.7. The number of rotatable bonds is 6. The van der Waals surface area contributed by atoms with Crippen molar-refractivity contribution >= 4 is 34.2 Å². The number of ketones is 1. The molecule has 4 nitrogen and oxygen atoms in total. The number of carbonyl (C=O) groups is 2. The van der Waals surface area contributed by atoms with Gasteiger partial charge < -0.3 is 4.74 Å². The van der Waals surface area contributed by atoms with Crippen LogP contribution in [0.15, 0.2) is 23.1 Å². The molecule has 0 saturated heterocycles. The maximum Gasteiger partial charge on any atom is 0.313 e. The maximum atomic E-state index is 12.9. The number of hydrogen-bond acceptors (Lipinski definition) is 4. The molecule has 0 aromatic heterocycles. The van der Waals surface area contributed by atoms with Gasteiger partial charge in [0, 0.05) is 4.90 Å². The second kappa shape index (κ2) is 7.35. The molecule has 19 heavy (non-hydrogen) atoms. The molecule has 1 aromatic carbocycles. The van der Waals surface area contributed by atoms with E-state index >= 15 is 0 Å². The van der Waals surface area contributed by atoms with Crippen LogP contribution in [0.25, 0.3) is 0 Å². The smallest absolute Gasteiger partial charge is 0.313 e. The van der Waals surface area contributed by atoms with Gasteiger partial charge in [-0.25, -0.2) is 4.39 Å². The normalized spacial score (nSPS) is 11.9. The van der Waals surface area contributed by atoms with Crippen LogP contribution in [0.4, 0.5) is 4.39 Å². The van der Waals surface area contributed by atoms with Crippen molar-refractivity contribution in [2.45, 2.75) is 18.2 Å². The Morgan fingerprint density at radius 1 is 1.42 bits per heavy atom. The monoisotopic (exact) mass is 306 g/mol. The number of hydrogen-bond donors (Lipinski definition) is 0. The molecule has 1 aromatic rings. The van der Waals surface area contributed by atoms with Gasteiger partial charge >= 0.3 is 5.97 Å². The molecule has 0 saturated carbocycles. The summed E-state index contributed by atoms with van der Waals surface area (Å²) in [5.41, 5.74) is 0. The lowest BCUT2D eigenvalue weighted by atomic mass is 10.3. The SMILES string of the molecule is CCOC(=O)CC(=O)CS(=O)c1ccc(F)c(Cl)c1. The molecule has 1 rings (SSSR count). The second-order valence-electron chi connectivity index (χ2n) is 3.59. The first-order chi connectivity index (χ1) is 8.93. The van der Waals surface area contributed by atoms with Gasteiger partial charge in [0.15, 0.2) is 5.78 Å². The van der Waals surface area contributed by atoms with E-state index < -0.39 is 34.8 Å². The van der Waals surface area contributed by atoms with Gasteiger partial charge in [-0.3, -0.25) is 13.8 Å². The molecule has 0 heterocycles. The van der Waals surface area contributed by atoms with Gasteiger partial charge in [0.2, 0.25) is 0 Å². The van der Waals surface area contributed by atoms with Gasteiger partial charge in [-0.2, -0.15) is 0 Å². The van der Waals surface area contributed by atoms with Gasteiger partial charge in [0.25, 0.3) is 0 Å². The Balaban J connectivity index is 2.61. The van der Waals surface area contributed by atoms with Gasteiger partial charge in [-0.05, 0) is 25.1 Å². The van der Waals surface area contributed by atoms with Crippen LogP contribution in [-0.2, 0) is 25.1 Å². The predicted octanol–water partition coefficient (Wildman–Crippen LogP) is 2.11. The molecule has 0 amide bonds. The second-order valence-corrected chi connectivity index (χ2v) is 5.44. The van der Waals surface area contributed by atoms with E-state index in [-0.39, 0.29) is 22.3 Å². The molecule has 0 radical (unpaired) electrons. The highest BCUT2D eigenvalue weighted by Gasteiger charge is 2.15. The summed E-state index contributed by atoms with van der Waals surface area (Å²) in [6, 6.07) is 3.56. The topological polar surface area (TPSA) is 60.4 Å². The summed E-state index contributed by atoms with van der Waals surface area (Å²) < 4.78 is 29.3. The molecule has 0 aliphatic carbocycles. The first kappa shape index (κ1) is 15.8. The highest BCUT2D eigenvalue weighted by atomic mass is 35.5. The Bertz CT molecular complexity index is 518. The summed E-state index contributed by atoms with van der Waals surface area (Å²) in [5.74, 6) is -2.11. The minimum absolute atomic E-state index is 0.163. The summed E-state index contributed by atoms with van der Waals surface area (Å²) in [6.07, 6.45) is -0.422. The van der Waals surface area contributed by atoms with Crippen LogP contribution in [0.2, 0.25) is 5.02 Å². The average molecular weight is 307 g/mol. The molecule has 0 bridgehead atoms. The minimum atomic E-state index is -1.66. The van der Waals surface area contributed by atoms with Crippen molar-refractivity contribution in [2.24, 2.45) is 0 Å². The van der Waals surface area contributed by atoms with Crippen LogP contribution < -0.4 is 0 Å². The van der Waals surface area contributed by atoms with E-state index in [4.69, 9.17) is 11.6 Å². The maximum absolute atomic E-state index is 12.9. The lowest BCUT2D eigenvalue weighted by molar-refractivity contribution is -0.145. The molecular formula is C12H12ClFO4S. The summed E-state index contributed by atoms with van der Waals surface area (Å²) in [4.78, 5) is 22.8.